The highest BCUT2D eigenvalue weighted by Crippen LogP contribution is 2.25. The van der Waals surface area contributed by atoms with Crippen LogP contribution in [0.5, 0.6) is 5.75 Å². The lowest BCUT2D eigenvalue weighted by Gasteiger charge is -2.07. The summed E-state index contributed by atoms with van der Waals surface area (Å²) < 4.78 is 24.9. The Kier molecular flexibility index (Phi) is 9.37. The van der Waals surface area contributed by atoms with E-state index in [1.807, 2.05) is 0 Å². The quantitative estimate of drug-likeness (QED) is 0.361. The second kappa shape index (κ2) is 11.8. The number of fused-ring (bicyclic) bond motifs is 1. The molecule has 0 aliphatic rings. The van der Waals surface area contributed by atoms with Crippen LogP contribution in [-0.4, -0.2) is 6.61 Å². The molecule has 0 radical (unpaired) electrons. The molecule has 1 heterocycles. The number of rotatable bonds is 13. The maximum absolute atomic E-state index is 14.4. The summed E-state index contributed by atoms with van der Waals surface area (Å²) in [5.74, 6) is 0.101. The van der Waals surface area contributed by atoms with Crippen LogP contribution in [0.15, 0.2) is 27.4 Å². The van der Waals surface area contributed by atoms with E-state index in [2.05, 4.69) is 6.92 Å². The van der Waals surface area contributed by atoms with Gasteiger partial charge in [-0.1, -0.05) is 70.8 Å². The van der Waals surface area contributed by atoms with Crippen LogP contribution in [0, 0.1) is 5.82 Å². The van der Waals surface area contributed by atoms with Gasteiger partial charge in [0.2, 0.25) is 0 Å². The summed E-state index contributed by atoms with van der Waals surface area (Å²) in [6, 6.07) is 5.08. The van der Waals surface area contributed by atoms with Gasteiger partial charge in [0.05, 0.1) is 6.61 Å². The SMILES string of the molecule is CCCCCCCCCCCCc1cc2ccc(OCC)c(F)c2c(=O)o1. The lowest BCUT2D eigenvalue weighted by molar-refractivity contribution is 0.322. The van der Waals surface area contributed by atoms with E-state index < -0.39 is 11.4 Å². The Morgan fingerprint density at radius 1 is 0.926 bits per heavy atom. The lowest BCUT2D eigenvalue weighted by atomic mass is 10.0. The Morgan fingerprint density at radius 3 is 2.19 bits per heavy atom. The van der Waals surface area contributed by atoms with Crippen molar-refractivity contribution < 1.29 is 13.5 Å². The Hall–Kier alpha value is -1.84. The van der Waals surface area contributed by atoms with Crippen molar-refractivity contribution in [3.8, 4) is 5.75 Å². The molecule has 0 fully saturated rings. The van der Waals surface area contributed by atoms with Gasteiger partial charge in [0.15, 0.2) is 11.6 Å². The molecule has 2 rings (SSSR count). The number of halogens is 1. The van der Waals surface area contributed by atoms with Crippen LogP contribution in [0.1, 0.15) is 83.8 Å². The van der Waals surface area contributed by atoms with E-state index in [9.17, 15) is 9.18 Å². The number of unbranched alkanes of at least 4 members (excludes halogenated alkanes) is 9. The van der Waals surface area contributed by atoms with Crippen molar-refractivity contribution in [2.24, 2.45) is 0 Å². The van der Waals surface area contributed by atoms with Crippen molar-refractivity contribution in [2.45, 2.75) is 84.5 Å². The van der Waals surface area contributed by atoms with Crippen molar-refractivity contribution in [3.63, 3.8) is 0 Å². The predicted molar refractivity (Wildman–Crippen MR) is 109 cm³/mol. The summed E-state index contributed by atoms with van der Waals surface area (Å²) >= 11 is 0. The molecule has 2 aromatic rings. The van der Waals surface area contributed by atoms with Crippen molar-refractivity contribution in [3.05, 3.63) is 40.2 Å². The fourth-order valence-electron chi connectivity index (χ4n) is 3.45. The zero-order valence-corrected chi connectivity index (χ0v) is 16.8. The molecule has 0 spiro atoms. The van der Waals surface area contributed by atoms with Crippen LogP contribution in [0.4, 0.5) is 4.39 Å². The fraction of sp³-hybridized carbons (Fsp3) is 0.609. The molecular formula is C23H33FO3. The topological polar surface area (TPSA) is 39.4 Å². The molecule has 3 nitrogen and oxygen atoms in total. The highest BCUT2D eigenvalue weighted by Gasteiger charge is 2.14. The van der Waals surface area contributed by atoms with Gasteiger partial charge in [0.1, 0.15) is 11.1 Å². The number of hydrogen-bond donors (Lipinski definition) is 0. The average Bonchev–Trinajstić information content (AvgIpc) is 2.65. The molecule has 0 unspecified atom stereocenters. The third kappa shape index (κ3) is 6.67. The fourth-order valence-corrected chi connectivity index (χ4v) is 3.45. The number of benzene rings is 1. The summed E-state index contributed by atoms with van der Waals surface area (Å²) in [7, 11) is 0. The number of aryl methyl sites for hydroxylation is 1. The zero-order valence-electron chi connectivity index (χ0n) is 16.8. The van der Waals surface area contributed by atoms with Crippen molar-refractivity contribution >= 4 is 10.8 Å². The summed E-state index contributed by atoms with van der Waals surface area (Å²) in [6.45, 7) is 4.37. The van der Waals surface area contributed by atoms with Gasteiger partial charge in [-0.2, -0.15) is 0 Å². The molecule has 4 heteroatoms. The van der Waals surface area contributed by atoms with Crippen molar-refractivity contribution in [1.29, 1.82) is 0 Å². The largest absolute Gasteiger partial charge is 0.491 e. The third-order valence-electron chi connectivity index (χ3n) is 4.96. The van der Waals surface area contributed by atoms with E-state index in [0.717, 1.165) is 19.3 Å². The lowest BCUT2D eigenvalue weighted by Crippen LogP contribution is -2.06. The third-order valence-corrected chi connectivity index (χ3v) is 4.96. The zero-order chi connectivity index (χ0) is 19.5. The molecule has 0 saturated heterocycles. The predicted octanol–water partition coefficient (Wildman–Crippen LogP) is 6.79. The first-order chi connectivity index (χ1) is 13.2. The Balaban J connectivity index is 1.79. The molecular weight excluding hydrogens is 343 g/mol. The smallest absolute Gasteiger partial charge is 0.346 e. The Bertz CT molecular complexity index is 751. The van der Waals surface area contributed by atoms with Gasteiger partial charge >= 0.3 is 5.63 Å². The van der Waals surface area contributed by atoms with Gasteiger partial charge in [0.25, 0.3) is 0 Å². The number of hydrogen-bond acceptors (Lipinski definition) is 3. The normalized spacial score (nSPS) is 11.2. The van der Waals surface area contributed by atoms with Gasteiger partial charge in [-0.3, -0.25) is 0 Å². The summed E-state index contributed by atoms with van der Waals surface area (Å²) in [5.41, 5.74) is -0.617. The molecule has 0 atom stereocenters. The van der Waals surface area contributed by atoms with Gasteiger partial charge in [-0.25, -0.2) is 9.18 Å². The molecule has 27 heavy (non-hydrogen) atoms. The van der Waals surface area contributed by atoms with Crippen molar-refractivity contribution in [1.82, 2.24) is 0 Å². The van der Waals surface area contributed by atoms with Crippen LogP contribution in [0.3, 0.4) is 0 Å². The molecule has 150 valence electrons. The first kappa shape index (κ1) is 21.5. The van der Waals surface area contributed by atoms with E-state index in [0.29, 0.717) is 17.8 Å². The first-order valence-electron chi connectivity index (χ1n) is 10.5. The standard InChI is InChI=1S/C23H33FO3/c1-3-5-6-7-8-9-10-11-12-13-14-19-17-18-15-16-20(26-4-2)22(24)21(18)23(25)27-19/h15-17H,3-14H2,1-2H3. The van der Waals surface area contributed by atoms with Gasteiger partial charge in [-0.15, -0.1) is 0 Å². The summed E-state index contributed by atoms with van der Waals surface area (Å²) in [6.07, 6.45) is 13.4. The van der Waals surface area contributed by atoms with E-state index >= 15 is 0 Å². The highest BCUT2D eigenvalue weighted by atomic mass is 19.1. The Labute approximate surface area is 161 Å². The van der Waals surface area contributed by atoms with Crippen LogP contribution in [0.2, 0.25) is 0 Å². The summed E-state index contributed by atoms with van der Waals surface area (Å²) in [4.78, 5) is 12.2. The van der Waals surface area contributed by atoms with Crippen LogP contribution in [0.25, 0.3) is 10.8 Å². The second-order valence-corrected chi connectivity index (χ2v) is 7.21. The van der Waals surface area contributed by atoms with Gasteiger partial charge in [-0.05, 0) is 30.9 Å². The molecule has 1 aromatic heterocycles. The Morgan fingerprint density at radius 2 is 1.56 bits per heavy atom. The summed E-state index contributed by atoms with van der Waals surface area (Å²) in [5, 5.41) is 0.557. The van der Waals surface area contributed by atoms with Crippen LogP contribution < -0.4 is 10.4 Å². The minimum absolute atomic E-state index is 0.0206. The molecule has 0 aliphatic carbocycles. The molecule has 0 N–H and O–H groups in total. The first-order valence-corrected chi connectivity index (χ1v) is 10.5. The maximum atomic E-state index is 14.4. The van der Waals surface area contributed by atoms with Gasteiger partial charge in [0, 0.05) is 6.42 Å². The van der Waals surface area contributed by atoms with Crippen molar-refractivity contribution in [2.75, 3.05) is 6.61 Å². The molecule has 0 bridgehead atoms. The van der Waals surface area contributed by atoms with E-state index in [4.69, 9.17) is 9.15 Å². The van der Waals surface area contributed by atoms with Crippen LogP contribution in [-0.2, 0) is 6.42 Å². The minimum atomic E-state index is -0.631. The second-order valence-electron chi connectivity index (χ2n) is 7.21. The molecule has 0 saturated carbocycles. The van der Waals surface area contributed by atoms with Crippen LogP contribution >= 0.6 is 0 Å². The highest BCUT2D eigenvalue weighted by molar-refractivity contribution is 5.83. The monoisotopic (exact) mass is 376 g/mol. The molecule has 0 aliphatic heterocycles. The maximum Gasteiger partial charge on any atom is 0.346 e. The van der Waals surface area contributed by atoms with E-state index in [-0.39, 0.29) is 11.1 Å². The minimum Gasteiger partial charge on any atom is -0.491 e. The average molecular weight is 377 g/mol. The molecule has 0 amide bonds. The number of ether oxygens (including phenoxy) is 1. The van der Waals surface area contributed by atoms with Gasteiger partial charge < -0.3 is 9.15 Å². The van der Waals surface area contributed by atoms with E-state index in [1.165, 1.54) is 51.4 Å². The molecule has 1 aromatic carbocycles. The van der Waals surface area contributed by atoms with E-state index in [1.54, 1.807) is 25.1 Å².